The summed E-state index contributed by atoms with van der Waals surface area (Å²) in [6.45, 7) is 1.92. The summed E-state index contributed by atoms with van der Waals surface area (Å²) < 4.78 is 0. The van der Waals surface area contributed by atoms with E-state index in [1.807, 2.05) is 67.6 Å². The SMILES string of the molecule is C[C@](C#N)(Cc1ccccc1)Nc1ccccc1. The molecule has 0 aromatic heterocycles. The van der Waals surface area contributed by atoms with Crippen LogP contribution in [0.25, 0.3) is 0 Å². The highest BCUT2D eigenvalue weighted by atomic mass is 15.0. The highest BCUT2D eigenvalue weighted by Crippen LogP contribution is 2.19. The van der Waals surface area contributed by atoms with Crippen molar-refractivity contribution in [2.45, 2.75) is 18.9 Å². The molecule has 1 atom stereocenters. The predicted octanol–water partition coefficient (Wildman–Crippen LogP) is 3.62. The summed E-state index contributed by atoms with van der Waals surface area (Å²) >= 11 is 0. The van der Waals surface area contributed by atoms with Gasteiger partial charge in [-0.3, -0.25) is 0 Å². The van der Waals surface area contributed by atoms with Crippen LogP contribution in [0.5, 0.6) is 0 Å². The second kappa shape index (κ2) is 5.37. The van der Waals surface area contributed by atoms with E-state index in [4.69, 9.17) is 0 Å². The molecule has 0 spiro atoms. The molecule has 1 N–H and O–H groups in total. The Hall–Kier alpha value is -2.27. The maximum atomic E-state index is 9.40. The number of hydrogen-bond donors (Lipinski definition) is 1. The van der Waals surface area contributed by atoms with Gasteiger partial charge in [0, 0.05) is 12.1 Å². The zero-order valence-electron chi connectivity index (χ0n) is 10.4. The fourth-order valence-electron chi connectivity index (χ4n) is 1.96. The Kier molecular flexibility index (Phi) is 3.64. The summed E-state index contributed by atoms with van der Waals surface area (Å²) in [6.07, 6.45) is 0.680. The van der Waals surface area contributed by atoms with Crippen molar-refractivity contribution in [2.75, 3.05) is 5.32 Å². The maximum absolute atomic E-state index is 9.40. The van der Waals surface area contributed by atoms with E-state index in [-0.39, 0.29) is 0 Å². The lowest BCUT2D eigenvalue weighted by Gasteiger charge is -2.24. The van der Waals surface area contributed by atoms with Gasteiger partial charge in [0.1, 0.15) is 5.54 Å². The smallest absolute Gasteiger partial charge is 0.126 e. The van der Waals surface area contributed by atoms with Crippen LogP contribution in [-0.4, -0.2) is 5.54 Å². The molecular formula is C16H16N2. The number of nitrogens with one attached hydrogen (secondary N) is 1. The third-order valence-electron chi connectivity index (χ3n) is 2.84. The van der Waals surface area contributed by atoms with Crippen molar-refractivity contribution in [2.24, 2.45) is 0 Å². The van der Waals surface area contributed by atoms with Crippen LogP contribution in [0, 0.1) is 11.3 Å². The van der Waals surface area contributed by atoms with Crippen LogP contribution in [0.3, 0.4) is 0 Å². The molecule has 0 aliphatic rings. The molecule has 0 amide bonds. The summed E-state index contributed by atoms with van der Waals surface area (Å²) in [7, 11) is 0. The van der Waals surface area contributed by atoms with Crippen LogP contribution in [0.4, 0.5) is 5.69 Å². The molecule has 18 heavy (non-hydrogen) atoms. The highest BCUT2D eigenvalue weighted by Gasteiger charge is 2.23. The first kappa shape index (κ1) is 12.2. The predicted molar refractivity (Wildman–Crippen MR) is 74.2 cm³/mol. The minimum atomic E-state index is -0.595. The zero-order chi connectivity index (χ0) is 12.8. The fourth-order valence-corrected chi connectivity index (χ4v) is 1.96. The second-order valence-electron chi connectivity index (χ2n) is 4.60. The monoisotopic (exact) mass is 236 g/mol. The van der Waals surface area contributed by atoms with E-state index in [0.717, 1.165) is 11.3 Å². The first-order valence-electron chi connectivity index (χ1n) is 6.00. The average molecular weight is 236 g/mol. The van der Waals surface area contributed by atoms with Crippen LogP contribution < -0.4 is 5.32 Å². The van der Waals surface area contributed by atoms with Gasteiger partial charge in [0.05, 0.1) is 6.07 Å². The van der Waals surface area contributed by atoms with Gasteiger partial charge in [-0.15, -0.1) is 0 Å². The summed E-state index contributed by atoms with van der Waals surface area (Å²) in [5.41, 5.74) is 1.53. The van der Waals surface area contributed by atoms with Crippen molar-refractivity contribution >= 4 is 5.69 Å². The van der Waals surface area contributed by atoms with Crippen LogP contribution in [0.15, 0.2) is 60.7 Å². The third-order valence-corrected chi connectivity index (χ3v) is 2.84. The van der Waals surface area contributed by atoms with Crippen molar-refractivity contribution in [3.8, 4) is 6.07 Å². The minimum absolute atomic E-state index is 0.595. The number of hydrogen-bond acceptors (Lipinski definition) is 2. The second-order valence-corrected chi connectivity index (χ2v) is 4.60. The fraction of sp³-hybridized carbons (Fsp3) is 0.188. The molecule has 0 saturated carbocycles. The Morgan fingerprint density at radius 2 is 1.56 bits per heavy atom. The van der Waals surface area contributed by atoms with Gasteiger partial charge >= 0.3 is 0 Å². The molecule has 0 aliphatic carbocycles. The Labute approximate surface area is 108 Å². The molecule has 0 heterocycles. The molecule has 2 aromatic rings. The van der Waals surface area contributed by atoms with Crippen molar-refractivity contribution in [3.05, 3.63) is 66.2 Å². The molecule has 2 aromatic carbocycles. The van der Waals surface area contributed by atoms with E-state index in [9.17, 15) is 5.26 Å². The van der Waals surface area contributed by atoms with Crippen LogP contribution in [0.1, 0.15) is 12.5 Å². The van der Waals surface area contributed by atoms with Gasteiger partial charge in [-0.25, -0.2) is 0 Å². The van der Waals surface area contributed by atoms with E-state index in [1.165, 1.54) is 0 Å². The number of para-hydroxylation sites is 1. The van der Waals surface area contributed by atoms with Gasteiger partial charge in [-0.1, -0.05) is 48.5 Å². The van der Waals surface area contributed by atoms with Gasteiger partial charge in [0.25, 0.3) is 0 Å². The zero-order valence-corrected chi connectivity index (χ0v) is 10.4. The Morgan fingerprint density at radius 3 is 2.11 bits per heavy atom. The number of rotatable bonds is 4. The number of nitriles is 1. The molecular weight excluding hydrogens is 220 g/mol. The molecule has 2 heteroatoms. The van der Waals surface area contributed by atoms with E-state index in [2.05, 4.69) is 11.4 Å². The van der Waals surface area contributed by atoms with Crippen molar-refractivity contribution in [3.63, 3.8) is 0 Å². The normalized spacial score (nSPS) is 13.3. The molecule has 90 valence electrons. The summed E-state index contributed by atoms with van der Waals surface area (Å²) in [4.78, 5) is 0. The lowest BCUT2D eigenvalue weighted by molar-refractivity contribution is 0.646. The number of anilines is 1. The van der Waals surface area contributed by atoms with Gasteiger partial charge in [-0.2, -0.15) is 5.26 Å². The summed E-state index contributed by atoms with van der Waals surface area (Å²) in [6, 6.07) is 22.3. The van der Waals surface area contributed by atoms with Gasteiger partial charge in [-0.05, 0) is 24.6 Å². The third kappa shape index (κ3) is 3.11. The first-order valence-corrected chi connectivity index (χ1v) is 6.00. The topological polar surface area (TPSA) is 35.8 Å². The Balaban J connectivity index is 2.14. The van der Waals surface area contributed by atoms with Gasteiger partial charge < -0.3 is 5.32 Å². The highest BCUT2D eigenvalue weighted by molar-refractivity contribution is 5.47. The van der Waals surface area contributed by atoms with Crippen LogP contribution >= 0.6 is 0 Å². The van der Waals surface area contributed by atoms with E-state index in [0.29, 0.717) is 6.42 Å². The average Bonchev–Trinajstić information content (AvgIpc) is 2.41. The molecule has 2 nitrogen and oxygen atoms in total. The van der Waals surface area contributed by atoms with Crippen molar-refractivity contribution in [1.82, 2.24) is 0 Å². The van der Waals surface area contributed by atoms with E-state index in [1.54, 1.807) is 0 Å². The molecule has 0 fully saturated rings. The Morgan fingerprint density at radius 1 is 1.00 bits per heavy atom. The molecule has 0 unspecified atom stereocenters. The van der Waals surface area contributed by atoms with Crippen molar-refractivity contribution in [1.29, 1.82) is 5.26 Å². The number of benzene rings is 2. The molecule has 0 saturated heterocycles. The number of nitrogens with zero attached hydrogens (tertiary/aromatic N) is 1. The first-order chi connectivity index (χ1) is 8.72. The van der Waals surface area contributed by atoms with Crippen LogP contribution in [-0.2, 0) is 6.42 Å². The minimum Gasteiger partial charge on any atom is -0.367 e. The lowest BCUT2D eigenvalue weighted by atomic mass is 9.94. The van der Waals surface area contributed by atoms with E-state index >= 15 is 0 Å². The summed E-state index contributed by atoms with van der Waals surface area (Å²) in [5, 5.41) is 12.7. The Bertz CT molecular complexity index is 485. The van der Waals surface area contributed by atoms with Crippen molar-refractivity contribution < 1.29 is 0 Å². The largest absolute Gasteiger partial charge is 0.367 e. The van der Waals surface area contributed by atoms with E-state index < -0.39 is 5.54 Å². The molecule has 0 radical (unpaired) electrons. The quantitative estimate of drug-likeness (QED) is 0.880. The van der Waals surface area contributed by atoms with Gasteiger partial charge in [0.2, 0.25) is 0 Å². The van der Waals surface area contributed by atoms with Crippen LogP contribution in [0.2, 0.25) is 0 Å². The van der Waals surface area contributed by atoms with Gasteiger partial charge in [0.15, 0.2) is 0 Å². The maximum Gasteiger partial charge on any atom is 0.126 e. The molecule has 0 aliphatic heterocycles. The molecule has 0 bridgehead atoms. The molecule has 2 rings (SSSR count). The standard InChI is InChI=1S/C16H16N2/c1-16(13-17,12-14-8-4-2-5-9-14)18-15-10-6-3-7-11-15/h2-11,18H,12H2,1H3/t16-/m1/s1. The lowest BCUT2D eigenvalue weighted by Crippen LogP contribution is -2.35. The summed E-state index contributed by atoms with van der Waals surface area (Å²) in [5.74, 6) is 0.